The number of anilines is 1. The Morgan fingerprint density at radius 2 is 2.04 bits per heavy atom. The van der Waals surface area contributed by atoms with Gasteiger partial charge in [0.2, 0.25) is 5.91 Å². The van der Waals surface area contributed by atoms with Crippen LogP contribution in [0.3, 0.4) is 0 Å². The molecule has 144 valence electrons. The number of ether oxygens (including phenoxy) is 1. The second kappa shape index (κ2) is 7.45. The lowest BCUT2D eigenvalue weighted by Crippen LogP contribution is -2.48. The highest BCUT2D eigenvalue weighted by atomic mass is 19.1. The van der Waals surface area contributed by atoms with Crippen LogP contribution in [0, 0.1) is 11.8 Å². The molecule has 2 saturated carbocycles. The van der Waals surface area contributed by atoms with Crippen molar-refractivity contribution in [1.82, 2.24) is 5.32 Å². The molecule has 1 unspecified atom stereocenters. The summed E-state index contributed by atoms with van der Waals surface area (Å²) in [6.45, 7) is 4.34. The Balaban J connectivity index is 1.45. The van der Waals surface area contributed by atoms with Gasteiger partial charge in [-0.3, -0.25) is 4.79 Å². The maximum Gasteiger partial charge on any atom is 0.245 e. The first-order valence-electron chi connectivity index (χ1n) is 9.69. The predicted molar refractivity (Wildman–Crippen MR) is 102 cm³/mol. The molecule has 0 aromatic heterocycles. The van der Waals surface area contributed by atoms with E-state index in [0.717, 1.165) is 43.5 Å². The number of amides is 1. The zero-order valence-corrected chi connectivity index (χ0v) is 16.1. The van der Waals surface area contributed by atoms with Gasteiger partial charge in [-0.25, -0.2) is 4.39 Å². The van der Waals surface area contributed by atoms with Crippen LogP contribution in [0.25, 0.3) is 0 Å². The normalized spacial score (nSPS) is 27.8. The average Bonchev–Trinajstić information content (AvgIpc) is 2.87. The number of hydrogen-bond donors (Lipinski definition) is 2. The number of benzene rings is 1. The molecule has 0 saturated heterocycles. The number of fused-ring (bicyclic) bond motifs is 2. The van der Waals surface area contributed by atoms with Gasteiger partial charge in [0.05, 0.1) is 7.11 Å². The van der Waals surface area contributed by atoms with Crippen LogP contribution < -0.4 is 15.4 Å². The summed E-state index contributed by atoms with van der Waals surface area (Å²) in [6.07, 6.45) is 5.20. The topological polar surface area (TPSA) is 50.4 Å². The van der Waals surface area contributed by atoms with E-state index in [4.69, 9.17) is 4.74 Å². The number of hydrogen-bond acceptors (Lipinski definition) is 3. The van der Waals surface area contributed by atoms with Crippen molar-refractivity contribution in [2.75, 3.05) is 19.0 Å². The lowest BCUT2D eigenvalue weighted by atomic mass is 9.78. The molecule has 3 rings (SSSR count). The van der Waals surface area contributed by atoms with Gasteiger partial charge in [-0.1, -0.05) is 0 Å². The lowest BCUT2D eigenvalue weighted by Gasteiger charge is -2.32. The fourth-order valence-electron chi connectivity index (χ4n) is 4.57. The van der Waals surface area contributed by atoms with E-state index in [-0.39, 0.29) is 5.91 Å². The second-order valence-electron chi connectivity index (χ2n) is 8.59. The summed E-state index contributed by atoms with van der Waals surface area (Å²) in [5.74, 6) is 1.70. The summed E-state index contributed by atoms with van der Waals surface area (Å²) >= 11 is 0. The quantitative estimate of drug-likeness (QED) is 0.760. The Hall–Kier alpha value is -1.78. The molecule has 0 spiro atoms. The van der Waals surface area contributed by atoms with Gasteiger partial charge in [-0.15, -0.1) is 0 Å². The molecule has 0 radical (unpaired) electrons. The van der Waals surface area contributed by atoms with E-state index in [1.54, 1.807) is 7.11 Å². The molecular formula is C21H31FN2O2. The standard InChI is InChI=1S/C21H31FN2O2/c1-20(2,24-17-4-6-18(26-3)7-5-17)19(25)23-11-9-16-12-15-8-10-21(22,13-15)14-16/h4-7,15-16,24H,8-14H2,1-3H3,(H,23,25)/t15-,16?,21-/m0/s1. The summed E-state index contributed by atoms with van der Waals surface area (Å²) in [5, 5.41) is 6.29. The largest absolute Gasteiger partial charge is 0.497 e. The fourth-order valence-corrected chi connectivity index (χ4v) is 4.57. The van der Waals surface area contributed by atoms with E-state index >= 15 is 0 Å². The zero-order chi connectivity index (χ0) is 18.8. The fraction of sp³-hybridized carbons (Fsp3) is 0.667. The van der Waals surface area contributed by atoms with Gasteiger partial charge in [0.25, 0.3) is 0 Å². The molecule has 2 fully saturated rings. The molecule has 4 nitrogen and oxygen atoms in total. The first-order chi connectivity index (χ1) is 12.3. The Morgan fingerprint density at radius 1 is 1.31 bits per heavy atom. The van der Waals surface area contributed by atoms with Crippen molar-refractivity contribution >= 4 is 11.6 Å². The Morgan fingerprint density at radius 3 is 2.69 bits per heavy atom. The molecule has 0 heterocycles. The van der Waals surface area contributed by atoms with Crippen molar-refractivity contribution in [3.05, 3.63) is 24.3 Å². The van der Waals surface area contributed by atoms with Crippen LogP contribution in [0.4, 0.5) is 10.1 Å². The third kappa shape index (κ3) is 4.49. The van der Waals surface area contributed by atoms with Crippen LogP contribution in [0.5, 0.6) is 5.75 Å². The van der Waals surface area contributed by atoms with Gasteiger partial charge in [0.1, 0.15) is 17.0 Å². The third-order valence-corrected chi connectivity index (χ3v) is 5.93. The molecular weight excluding hydrogens is 331 g/mol. The van der Waals surface area contributed by atoms with E-state index in [1.165, 1.54) is 0 Å². The van der Waals surface area contributed by atoms with Crippen LogP contribution in [0.1, 0.15) is 52.4 Å². The highest BCUT2D eigenvalue weighted by molar-refractivity contribution is 5.88. The number of rotatable bonds is 7. The Bertz CT molecular complexity index is 631. The van der Waals surface area contributed by atoms with E-state index in [1.807, 2.05) is 38.1 Å². The Labute approximate surface area is 155 Å². The number of nitrogens with one attached hydrogen (secondary N) is 2. The maximum atomic E-state index is 14.6. The molecule has 5 heteroatoms. The van der Waals surface area contributed by atoms with Crippen molar-refractivity contribution in [2.45, 2.75) is 63.6 Å². The van der Waals surface area contributed by atoms with Crippen molar-refractivity contribution in [1.29, 1.82) is 0 Å². The molecule has 1 aromatic rings. The summed E-state index contributed by atoms with van der Waals surface area (Å²) in [4.78, 5) is 12.6. The Kier molecular flexibility index (Phi) is 5.44. The minimum absolute atomic E-state index is 0.0398. The number of halogens is 1. The molecule has 1 aromatic carbocycles. The maximum absolute atomic E-state index is 14.6. The highest BCUT2D eigenvalue weighted by Gasteiger charge is 2.45. The summed E-state index contributed by atoms with van der Waals surface area (Å²) in [7, 11) is 1.63. The number of carbonyl (C=O) groups excluding carboxylic acids is 1. The van der Waals surface area contributed by atoms with Crippen LogP contribution >= 0.6 is 0 Å². The highest BCUT2D eigenvalue weighted by Crippen LogP contribution is 2.50. The molecule has 1 amide bonds. The molecule has 2 N–H and O–H groups in total. The molecule has 2 bridgehead atoms. The van der Waals surface area contributed by atoms with Crippen molar-refractivity contribution in [3.63, 3.8) is 0 Å². The van der Waals surface area contributed by atoms with Crippen molar-refractivity contribution in [3.8, 4) is 5.75 Å². The van der Waals surface area contributed by atoms with Crippen molar-refractivity contribution in [2.24, 2.45) is 11.8 Å². The number of alkyl halides is 1. The molecule has 2 aliphatic carbocycles. The monoisotopic (exact) mass is 362 g/mol. The van der Waals surface area contributed by atoms with Crippen LogP contribution in [0.15, 0.2) is 24.3 Å². The third-order valence-electron chi connectivity index (χ3n) is 5.93. The minimum atomic E-state index is -0.924. The zero-order valence-electron chi connectivity index (χ0n) is 16.1. The lowest BCUT2D eigenvalue weighted by molar-refractivity contribution is -0.124. The summed E-state index contributed by atoms with van der Waals surface area (Å²) in [5.41, 5.74) is -0.775. The summed E-state index contributed by atoms with van der Waals surface area (Å²) in [6, 6.07) is 7.51. The van der Waals surface area contributed by atoms with Crippen LogP contribution in [-0.2, 0) is 4.79 Å². The van der Waals surface area contributed by atoms with Gasteiger partial charge in [0.15, 0.2) is 0 Å². The average molecular weight is 362 g/mol. The first kappa shape index (κ1) is 19.0. The number of carbonyl (C=O) groups is 1. The summed E-state index contributed by atoms with van der Waals surface area (Å²) < 4.78 is 19.7. The van der Waals surface area contributed by atoms with E-state index in [0.29, 0.717) is 24.8 Å². The van der Waals surface area contributed by atoms with Gasteiger partial charge in [0, 0.05) is 12.2 Å². The second-order valence-corrected chi connectivity index (χ2v) is 8.59. The molecule has 3 atom stereocenters. The van der Waals surface area contributed by atoms with Crippen LogP contribution in [-0.4, -0.2) is 30.8 Å². The molecule has 0 aliphatic heterocycles. The molecule has 26 heavy (non-hydrogen) atoms. The van der Waals surface area contributed by atoms with Gasteiger partial charge in [-0.05, 0) is 88.5 Å². The van der Waals surface area contributed by atoms with Gasteiger partial charge in [-0.2, -0.15) is 0 Å². The smallest absolute Gasteiger partial charge is 0.245 e. The minimum Gasteiger partial charge on any atom is -0.497 e. The van der Waals surface area contributed by atoms with Gasteiger partial charge < -0.3 is 15.4 Å². The number of methoxy groups -OCH3 is 1. The van der Waals surface area contributed by atoms with E-state index in [9.17, 15) is 9.18 Å². The first-order valence-corrected chi connectivity index (χ1v) is 9.69. The predicted octanol–water partition coefficient (Wildman–Crippen LogP) is 4.31. The SMILES string of the molecule is COc1ccc(NC(C)(C)C(=O)NCCC2C[C@@H]3CC[C@@](F)(C2)C3)cc1. The van der Waals surface area contributed by atoms with E-state index in [2.05, 4.69) is 10.6 Å². The van der Waals surface area contributed by atoms with E-state index < -0.39 is 11.2 Å². The molecule has 2 aliphatic rings. The van der Waals surface area contributed by atoms with Crippen molar-refractivity contribution < 1.29 is 13.9 Å². The van der Waals surface area contributed by atoms with Crippen LogP contribution in [0.2, 0.25) is 0 Å². The van der Waals surface area contributed by atoms with Gasteiger partial charge >= 0.3 is 0 Å².